The quantitative estimate of drug-likeness (QED) is 0.910. The van der Waals surface area contributed by atoms with Crippen molar-refractivity contribution in [3.63, 3.8) is 0 Å². The first-order valence-electron chi connectivity index (χ1n) is 5.74. The van der Waals surface area contributed by atoms with Crippen LogP contribution >= 0.6 is 11.6 Å². The summed E-state index contributed by atoms with van der Waals surface area (Å²) in [5.41, 5.74) is 1.84. The van der Waals surface area contributed by atoms with E-state index in [1.807, 2.05) is 31.3 Å². The van der Waals surface area contributed by atoms with Crippen LogP contribution in [0.3, 0.4) is 0 Å². The number of nitrogens with zero attached hydrogens (tertiary/aromatic N) is 1. The molecule has 94 valence electrons. The van der Waals surface area contributed by atoms with E-state index in [-0.39, 0.29) is 16.9 Å². The molecule has 18 heavy (non-hydrogen) atoms. The first-order chi connectivity index (χ1) is 8.68. The minimum atomic E-state index is -0.384. The summed E-state index contributed by atoms with van der Waals surface area (Å²) in [4.78, 5) is 4.07. The second-order valence-corrected chi connectivity index (χ2v) is 4.48. The van der Waals surface area contributed by atoms with Gasteiger partial charge in [0.25, 0.3) is 0 Å². The topological polar surface area (TPSA) is 24.9 Å². The van der Waals surface area contributed by atoms with Gasteiger partial charge in [-0.2, -0.15) is 0 Å². The first-order valence-corrected chi connectivity index (χ1v) is 6.12. The normalized spacial score (nSPS) is 12.4. The molecule has 2 aromatic rings. The highest BCUT2D eigenvalue weighted by molar-refractivity contribution is 6.31. The van der Waals surface area contributed by atoms with Gasteiger partial charge in [-0.05, 0) is 30.2 Å². The molecule has 1 aromatic heterocycles. The number of rotatable bonds is 4. The van der Waals surface area contributed by atoms with Crippen LogP contribution in [-0.2, 0) is 6.54 Å². The van der Waals surface area contributed by atoms with Crippen molar-refractivity contribution in [1.82, 2.24) is 10.3 Å². The molecule has 0 fully saturated rings. The van der Waals surface area contributed by atoms with Crippen LogP contribution in [0.15, 0.2) is 42.7 Å². The molecular weight excluding hydrogens is 251 g/mol. The molecule has 2 nitrogen and oxygen atoms in total. The van der Waals surface area contributed by atoms with E-state index < -0.39 is 0 Å². The van der Waals surface area contributed by atoms with Crippen molar-refractivity contribution in [3.05, 3.63) is 64.7 Å². The van der Waals surface area contributed by atoms with Gasteiger partial charge >= 0.3 is 0 Å². The maximum absolute atomic E-state index is 13.3. The van der Waals surface area contributed by atoms with Crippen LogP contribution in [0.25, 0.3) is 0 Å². The van der Waals surface area contributed by atoms with Crippen molar-refractivity contribution < 1.29 is 4.39 Å². The zero-order valence-corrected chi connectivity index (χ0v) is 10.8. The van der Waals surface area contributed by atoms with Gasteiger partial charge in [0.2, 0.25) is 0 Å². The highest BCUT2D eigenvalue weighted by Gasteiger charge is 2.08. The lowest BCUT2D eigenvalue weighted by Gasteiger charge is -2.14. The lowest BCUT2D eigenvalue weighted by Crippen LogP contribution is -2.18. The van der Waals surface area contributed by atoms with Gasteiger partial charge in [-0.1, -0.05) is 29.8 Å². The molecule has 0 aliphatic rings. The van der Waals surface area contributed by atoms with E-state index in [2.05, 4.69) is 10.3 Å². The van der Waals surface area contributed by atoms with Gasteiger partial charge in [-0.25, -0.2) is 4.39 Å². The summed E-state index contributed by atoms with van der Waals surface area (Å²) in [7, 11) is 0. The van der Waals surface area contributed by atoms with Gasteiger partial charge in [0.1, 0.15) is 5.82 Å². The molecule has 1 N–H and O–H groups in total. The molecule has 0 saturated carbocycles. The fourth-order valence-electron chi connectivity index (χ4n) is 1.70. The Labute approximate surface area is 111 Å². The van der Waals surface area contributed by atoms with Crippen LogP contribution in [0.4, 0.5) is 4.39 Å². The average molecular weight is 265 g/mol. The summed E-state index contributed by atoms with van der Waals surface area (Å²) in [6, 6.07) is 8.86. The molecule has 0 saturated heterocycles. The highest BCUT2D eigenvalue weighted by atomic mass is 35.5. The Morgan fingerprint density at radius 2 is 2.17 bits per heavy atom. The highest BCUT2D eigenvalue weighted by Crippen LogP contribution is 2.20. The molecule has 1 atom stereocenters. The number of nitrogens with one attached hydrogen (secondary N) is 1. The van der Waals surface area contributed by atoms with Gasteiger partial charge in [0.15, 0.2) is 0 Å². The predicted octanol–water partition coefficient (Wildman–Crippen LogP) is 3.72. The van der Waals surface area contributed by atoms with Crippen LogP contribution in [0.1, 0.15) is 24.1 Å². The van der Waals surface area contributed by atoms with Gasteiger partial charge in [-0.3, -0.25) is 4.98 Å². The van der Waals surface area contributed by atoms with Gasteiger partial charge in [-0.15, -0.1) is 0 Å². The average Bonchev–Trinajstić information content (AvgIpc) is 2.41. The fourth-order valence-corrected chi connectivity index (χ4v) is 1.89. The third kappa shape index (κ3) is 3.06. The van der Waals surface area contributed by atoms with E-state index in [1.165, 1.54) is 6.07 Å². The molecule has 2 rings (SSSR count). The minimum absolute atomic E-state index is 0.137. The third-order valence-corrected chi connectivity index (χ3v) is 3.24. The summed E-state index contributed by atoms with van der Waals surface area (Å²) >= 11 is 5.90. The predicted molar refractivity (Wildman–Crippen MR) is 70.9 cm³/mol. The van der Waals surface area contributed by atoms with E-state index in [0.717, 1.165) is 11.1 Å². The van der Waals surface area contributed by atoms with Crippen LogP contribution < -0.4 is 5.32 Å². The Morgan fingerprint density at radius 1 is 1.33 bits per heavy atom. The molecule has 0 spiro atoms. The summed E-state index contributed by atoms with van der Waals surface area (Å²) < 4.78 is 13.3. The summed E-state index contributed by atoms with van der Waals surface area (Å²) in [6.07, 6.45) is 3.55. The molecule has 0 radical (unpaired) electrons. The lowest BCUT2D eigenvalue weighted by molar-refractivity contribution is 0.568. The van der Waals surface area contributed by atoms with E-state index in [0.29, 0.717) is 6.54 Å². The van der Waals surface area contributed by atoms with Crippen molar-refractivity contribution in [1.29, 1.82) is 0 Å². The van der Waals surface area contributed by atoms with E-state index >= 15 is 0 Å². The Hall–Kier alpha value is -1.45. The number of aromatic nitrogens is 1. The van der Waals surface area contributed by atoms with E-state index in [4.69, 9.17) is 11.6 Å². The van der Waals surface area contributed by atoms with Crippen LogP contribution in [0, 0.1) is 5.82 Å². The van der Waals surface area contributed by atoms with Crippen molar-refractivity contribution >= 4 is 11.6 Å². The lowest BCUT2D eigenvalue weighted by atomic mass is 10.1. The zero-order chi connectivity index (χ0) is 13.0. The van der Waals surface area contributed by atoms with Crippen LogP contribution in [-0.4, -0.2) is 4.98 Å². The maximum atomic E-state index is 13.3. The SMILES string of the molecule is C[C@@H](NCc1cccc(F)c1Cl)c1cccnc1. The molecular formula is C14H14ClFN2. The number of benzene rings is 1. The fraction of sp³-hybridized carbons (Fsp3) is 0.214. The van der Waals surface area contributed by atoms with Crippen molar-refractivity contribution in [2.24, 2.45) is 0 Å². The molecule has 0 aliphatic carbocycles. The number of hydrogen-bond acceptors (Lipinski definition) is 2. The molecule has 0 unspecified atom stereocenters. The Balaban J connectivity index is 2.02. The molecule has 4 heteroatoms. The maximum Gasteiger partial charge on any atom is 0.142 e. The van der Waals surface area contributed by atoms with Gasteiger partial charge in [0.05, 0.1) is 5.02 Å². The Morgan fingerprint density at radius 3 is 2.89 bits per heavy atom. The molecule has 1 aromatic carbocycles. The smallest absolute Gasteiger partial charge is 0.142 e. The number of pyridine rings is 1. The second kappa shape index (κ2) is 5.94. The van der Waals surface area contributed by atoms with E-state index in [9.17, 15) is 4.39 Å². The van der Waals surface area contributed by atoms with Crippen molar-refractivity contribution in [2.45, 2.75) is 19.5 Å². The standard InChI is InChI=1S/C14H14ClFN2/c1-10(11-5-3-7-17-8-11)18-9-12-4-2-6-13(16)14(12)15/h2-8,10,18H,9H2,1H3/t10-/m1/s1. The zero-order valence-electron chi connectivity index (χ0n) is 10.0. The monoisotopic (exact) mass is 264 g/mol. The van der Waals surface area contributed by atoms with Crippen molar-refractivity contribution in [2.75, 3.05) is 0 Å². The van der Waals surface area contributed by atoms with E-state index in [1.54, 1.807) is 12.3 Å². The Bertz CT molecular complexity index is 516. The first kappa shape index (κ1) is 13.0. The van der Waals surface area contributed by atoms with Gasteiger partial charge in [0, 0.05) is 25.0 Å². The second-order valence-electron chi connectivity index (χ2n) is 4.10. The minimum Gasteiger partial charge on any atom is -0.306 e. The summed E-state index contributed by atoms with van der Waals surface area (Å²) in [6.45, 7) is 2.55. The molecule has 0 amide bonds. The third-order valence-electron chi connectivity index (χ3n) is 2.81. The Kier molecular flexibility index (Phi) is 4.28. The molecule has 1 heterocycles. The molecule has 0 bridgehead atoms. The van der Waals surface area contributed by atoms with Gasteiger partial charge < -0.3 is 5.32 Å². The number of hydrogen-bond donors (Lipinski definition) is 1. The van der Waals surface area contributed by atoms with Crippen LogP contribution in [0.2, 0.25) is 5.02 Å². The largest absolute Gasteiger partial charge is 0.306 e. The summed E-state index contributed by atoms with van der Waals surface area (Å²) in [5, 5.41) is 3.48. The van der Waals surface area contributed by atoms with Crippen molar-refractivity contribution in [3.8, 4) is 0 Å². The molecule has 0 aliphatic heterocycles. The van der Waals surface area contributed by atoms with Crippen LogP contribution in [0.5, 0.6) is 0 Å². The summed E-state index contributed by atoms with van der Waals surface area (Å²) in [5.74, 6) is -0.384. The number of halogens is 2.